The van der Waals surface area contributed by atoms with Gasteiger partial charge in [-0.3, -0.25) is 0 Å². The van der Waals surface area contributed by atoms with Crippen molar-refractivity contribution in [1.29, 1.82) is 0 Å². The lowest BCUT2D eigenvalue weighted by Gasteiger charge is -1.94. The van der Waals surface area contributed by atoms with Crippen LogP contribution in [0.15, 0.2) is 55.1 Å². The van der Waals surface area contributed by atoms with E-state index in [1.54, 1.807) is 6.08 Å². The fraction of sp³-hybridized carbons (Fsp3) is 0.0769. The molecule has 0 nitrogen and oxygen atoms in total. The van der Waals surface area contributed by atoms with E-state index in [4.69, 9.17) is 0 Å². The predicted octanol–water partition coefficient (Wildman–Crippen LogP) is 3.75. The third-order valence-corrected chi connectivity index (χ3v) is 1.83. The normalized spacial score (nSPS) is 10.2. The fourth-order valence-electron chi connectivity index (χ4n) is 0.949. The van der Waals surface area contributed by atoms with Crippen molar-refractivity contribution in [2.45, 2.75) is 6.92 Å². The monoisotopic (exact) mass is 170 g/mol. The van der Waals surface area contributed by atoms with Gasteiger partial charge in [0.2, 0.25) is 0 Å². The van der Waals surface area contributed by atoms with Crippen molar-refractivity contribution < 1.29 is 0 Å². The molecule has 0 aliphatic heterocycles. The van der Waals surface area contributed by atoms with Gasteiger partial charge >= 0.3 is 0 Å². The minimum absolute atomic E-state index is 0.931. The van der Waals surface area contributed by atoms with Gasteiger partial charge < -0.3 is 0 Å². The largest absolute Gasteiger partial charge is 0.0985 e. The summed E-state index contributed by atoms with van der Waals surface area (Å²) >= 11 is 0. The highest BCUT2D eigenvalue weighted by Crippen LogP contribution is 2.06. The van der Waals surface area contributed by atoms with Crippen molar-refractivity contribution in [1.82, 2.24) is 0 Å². The van der Waals surface area contributed by atoms with Crippen LogP contribution in [-0.2, 0) is 0 Å². The molecule has 0 heterocycles. The van der Waals surface area contributed by atoms with E-state index in [1.807, 2.05) is 12.2 Å². The van der Waals surface area contributed by atoms with Crippen molar-refractivity contribution in [3.05, 3.63) is 66.3 Å². The van der Waals surface area contributed by atoms with Crippen molar-refractivity contribution in [3.8, 4) is 0 Å². The van der Waals surface area contributed by atoms with E-state index < -0.39 is 0 Å². The quantitative estimate of drug-likeness (QED) is 0.606. The molecule has 0 aromatic heterocycles. The maximum Gasteiger partial charge on any atom is -0.0256 e. The minimum atomic E-state index is 0.931. The Hall–Kier alpha value is -1.56. The molecule has 0 saturated carbocycles. The smallest absolute Gasteiger partial charge is 0.0256 e. The lowest BCUT2D eigenvalue weighted by molar-refractivity contribution is 1.46. The molecule has 0 fully saturated rings. The molecule has 0 heteroatoms. The van der Waals surface area contributed by atoms with Crippen LogP contribution in [0.3, 0.4) is 0 Å². The second-order valence-corrected chi connectivity index (χ2v) is 3.02. The Morgan fingerprint density at radius 2 is 1.85 bits per heavy atom. The molecule has 0 atom stereocenters. The third-order valence-electron chi connectivity index (χ3n) is 1.83. The molecule has 0 aliphatic rings. The van der Waals surface area contributed by atoms with Crippen LogP contribution >= 0.6 is 0 Å². The molecule has 0 radical (unpaired) electrons. The molecule has 1 rings (SSSR count). The van der Waals surface area contributed by atoms with Crippen LogP contribution in [0, 0.1) is 6.92 Å². The standard InChI is InChI=1S/C13H14/c1-4-11(2)5-8-13-9-6-12(3)7-10-13/h4-10H,1-2H2,3H3/b8-5+. The van der Waals surface area contributed by atoms with Crippen LogP contribution in [0.5, 0.6) is 0 Å². The fourth-order valence-corrected chi connectivity index (χ4v) is 0.949. The van der Waals surface area contributed by atoms with Gasteiger partial charge in [-0.2, -0.15) is 0 Å². The van der Waals surface area contributed by atoms with Crippen LogP contribution in [-0.4, -0.2) is 0 Å². The first-order valence-corrected chi connectivity index (χ1v) is 4.28. The first-order chi connectivity index (χ1) is 6.22. The van der Waals surface area contributed by atoms with Gasteiger partial charge in [0, 0.05) is 0 Å². The number of benzene rings is 1. The zero-order valence-corrected chi connectivity index (χ0v) is 7.96. The first kappa shape index (κ1) is 9.53. The summed E-state index contributed by atoms with van der Waals surface area (Å²) in [5.74, 6) is 0. The average Bonchev–Trinajstić information content (AvgIpc) is 2.16. The molecule has 0 unspecified atom stereocenters. The maximum absolute atomic E-state index is 3.80. The van der Waals surface area contributed by atoms with Gasteiger partial charge in [0.05, 0.1) is 0 Å². The van der Waals surface area contributed by atoms with E-state index in [-0.39, 0.29) is 0 Å². The topological polar surface area (TPSA) is 0 Å². The van der Waals surface area contributed by atoms with Gasteiger partial charge in [-0.1, -0.05) is 61.2 Å². The number of hydrogen-bond donors (Lipinski definition) is 0. The molecular weight excluding hydrogens is 156 g/mol. The zero-order chi connectivity index (χ0) is 9.68. The minimum Gasteiger partial charge on any atom is -0.0985 e. The third kappa shape index (κ3) is 3.12. The van der Waals surface area contributed by atoms with Crippen molar-refractivity contribution in [3.63, 3.8) is 0 Å². The van der Waals surface area contributed by atoms with E-state index in [0.29, 0.717) is 0 Å². The van der Waals surface area contributed by atoms with Crippen molar-refractivity contribution in [2.75, 3.05) is 0 Å². The predicted molar refractivity (Wildman–Crippen MR) is 59.6 cm³/mol. The van der Waals surface area contributed by atoms with Gasteiger partial charge in [0.25, 0.3) is 0 Å². The van der Waals surface area contributed by atoms with E-state index >= 15 is 0 Å². The molecular formula is C13H14. The average molecular weight is 170 g/mol. The summed E-state index contributed by atoms with van der Waals surface area (Å²) in [6.45, 7) is 9.52. The molecule has 0 spiro atoms. The molecule has 13 heavy (non-hydrogen) atoms. The molecule has 66 valence electrons. The Kier molecular flexibility index (Phi) is 3.27. The summed E-state index contributed by atoms with van der Waals surface area (Å²) in [5.41, 5.74) is 3.40. The number of aryl methyl sites for hydroxylation is 1. The summed E-state index contributed by atoms with van der Waals surface area (Å²) in [6.07, 6.45) is 5.73. The summed E-state index contributed by atoms with van der Waals surface area (Å²) in [4.78, 5) is 0. The second kappa shape index (κ2) is 4.46. The summed E-state index contributed by atoms with van der Waals surface area (Å²) in [5, 5.41) is 0. The number of allylic oxidation sites excluding steroid dienone is 3. The van der Waals surface area contributed by atoms with Gasteiger partial charge in [-0.15, -0.1) is 0 Å². The molecule has 0 amide bonds. The highest BCUT2D eigenvalue weighted by Gasteiger charge is 1.85. The summed E-state index contributed by atoms with van der Waals surface area (Å²) < 4.78 is 0. The SMILES string of the molecule is C=CC(=C)/C=C/c1ccc(C)cc1. The Bertz CT molecular complexity index is 326. The summed E-state index contributed by atoms with van der Waals surface area (Å²) in [6, 6.07) is 8.36. The Balaban J connectivity index is 2.74. The lowest BCUT2D eigenvalue weighted by Crippen LogP contribution is -1.73. The highest BCUT2D eigenvalue weighted by molar-refractivity contribution is 5.54. The van der Waals surface area contributed by atoms with E-state index in [0.717, 1.165) is 5.57 Å². The van der Waals surface area contributed by atoms with E-state index in [2.05, 4.69) is 44.3 Å². The van der Waals surface area contributed by atoms with Gasteiger partial charge in [-0.25, -0.2) is 0 Å². The van der Waals surface area contributed by atoms with E-state index in [1.165, 1.54) is 11.1 Å². The van der Waals surface area contributed by atoms with Crippen LogP contribution < -0.4 is 0 Å². The number of rotatable bonds is 3. The molecule has 0 N–H and O–H groups in total. The Morgan fingerprint density at radius 1 is 1.23 bits per heavy atom. The maximum atomic E-state index is 3.80. The van der Waals surface area contributed by atoms with Gasteiger partial charge in [0.1, 0.15) is 0 Å². The summed E-state index contributed by atoms with van der Waals surface area (Å²) in [7, 11) is 0. The van der Waals surface area contributed by atoms with Crippen molar-refractivity contribution >= 4 is 6.08 Å². The Morgan fingerprint density at radius 3 is 2.38 bits per heavy atom. The van der Waals surface area contributed by atoms with Gasteiger partial charge in [0.15, 0.2) is 0 Å². The van der Waals surface area contributed by atoms with Crippen molar-refractivity contribution in [2.24, 2.45) is 0 Å². The molecule has 1 aromatic rings. The van der Waals surface area contributed by atoms with E-state index in [9.17, 15) is 0 Å². The van der Waals surface area contributed by atoms with Crippen LogP contribution in [0.4, 0.5) is 0 Å². The van der Waals surface area contributed by atoms with Crippen LogP contribution in [0.2, 0.25) is 0 Å². The molecule has 0 bridgehead atoms. The second-order valence-electron chi connectivity index (χ2n) is 3.02. The lowest BCUT2D eigenvalue weighted by atomic mass is 10.1. The molecule has 1 aromatic carbocycles. The number of hydrogen-bond acceptors (Lipinski definition) is 0. The van der Waals surface area contributed by atoms with Crippen LogP contribution in [0.1, 0.15) is 11.1 Å². The Labute approximate surface area is 79.9 Å². The zero-order valence-electron chi connectivity index (χ0n) is 7.96. The highest BCUT2D eigenvalue weighted by atomic mass is 13.9. The molecule has 0 aliphatic carbocycles. The molecule has 0 saturated heterocycles. The van der Waals surface area contributed by atoms with Gasteiger partial charge in [-0.05, 0) is 18.1 Å². The first-order valence-electron chi connectivity index (χ1n) is 4.28. The van der Waals surface area contributed by atoms with Crippen LogP contribution in [0.25, 0.3) is 6.08 Å².